The average molecular weight is 272 g/mol. The van der Waals surface area contributed by atoms with Crippen molar-refractivity contribution in [1.82, 2.24) is 0 Å². The van der Waals surface area contributed by atoms with Gasteiger partial charge in [-0.3, -0.25) is 15.0 Å². The van der Waals surface area contributed by atoms with E-state index in [1.807, 2.05) is 0 Å². The lowest BCUT2D eigenvalue weighted by Crippen LogP contribution is -2.47. The van der Waals surface area contributed by atoms with Crippen LogP contribution in [-0.2, 0) is 0 Å². The molecular formula is C12H8N4O4. The van der Waals surface area contributed by atoms with Crippen LogP contribution in [0.25, 0.3) is 0 Å². The molecule has 100 valence electrons. The summed E-state index contributed by atoms with van der Waals surface area (Å²) in [7, 11) is 0. The van der Waals surface area contributed by atoms with Gasteiger partial charge in [-0.15, -0.1) is 4.91 Å². The number of para-hydroxylation sites is 1. The number of rotatable bonds is 3. The van der Waals surface area contributed by atoms with E-state index >= 15 is 0 Å². The predicted octanol–water partition coefficient (Wildman–Crippen LogP) is -0.102. The van der Waals surface area contributed by atoms with Crippen LogP contribution in [-0.4, -0.2) is 5.21 Å². The van der Waals surface area contributed by atoms with E-state index in [-0.39, 0.29) is 0 Å². The standard InChI is InChI=1S/C12H8N4O4/c17-11-8(15-19)6-9(16-20)12(18)10(11)14-13-7-4-2-1-3-5-7/h1-6,13,19H/b14-10+,15-8+. The minimum Gasteiger partial charge on any atom is -0.410 e. The zero-order valence-electron chi connectivity index (χ0n) is 9.98. The lowest BCUT2D eigenvalue weighted by atomic mass is 10.3. The van der Waals surface area contributed by atoms with Crippen molar-refractivity contribution in [3.8, 4) is 0 Å². The van der Waals surface area contributed by atoms with Crippen molar-refractivity contribution in [3.05, 3.63) is 72.5 Å². The predicted molar refractivity (Wildman–Crippen MR) is 69.8 cm³/mol. The second-order valence-corrected chi connectivity index (χ2v) is 3.70. The van der Waals surface area contributed by atoms with E-state index in [4.69, 9.17) is 5.21 Å². The van der Waals surface area contributed by atoms with Gasteiger partial charge in [0.2, 0.25) is 10.9 Å². The van der Waals surface area contributed by atoms with E-state index < -0.39 is 27.3 Å². The summed E-state index contributed by atoms with van der Waals surface area (Å²) in [4.78, 5) is 34.0. The summed E-state index contributed by atoms with van der Waals surface area (Å²) in [6.45, 7) is 0. The van der Waals surface area contributed by atoms with Gasteiger partial charge in [0, 0.05) is 6.07 Å². The molecule has 0 atom stereocenters. The molecule has 0 saturated carbocycles. The fraction of sp³-hybridized carbons (Fsp3) is 0. The number of nitroso groups, excluding NO2 is 1. The first-order valence-electron chi connectivity index (χ1n) is 5.42. The summed E-state index contributed by atoms with van der Waals surface area (Å²) in [5, 5.41) is 16.4. The Bertz CT molecular complexity index is 852. The Morgan fingerprint density at radius 2 is 1.75 bits per heavy atom. The Morgan fingerprint density at radius 3 is 2.35 bits per heavy atom. The fourth-order valence-electron chi connectivity index (χ4n) is 1.48. The van der Waals surface area contributed by atoms with Crippen LogP contribution in [0.4, 0.5) is 11.4 Å². The first-order chi connectivity index (χ1) is 9.67. The highest BCUT2D eigenvalue weighted by Gasteiger charge is 2.09. The molecule has 8 heteroatoms. The van der Waals surface area contributed by atoms with Crippen molar-refractivity contribution < 1.29 is 5.21 Å². The maximum atomic E-state index is 11.8. The summed E-state index contributed by atoms with van der Waals surface area (Å²) in [5.74, 6) is 0. The number of hydrogen-bond donors (Lipinski definition) is 2. The van der Waals surface area contributed by atoms with Crippen LogP contribution >= 0.6 is 0 Å². The molecular weight excluding hydrogens is 264 g/mol. The number of nitrogens with zero attached hydrogens (tertiary/aromatic N) is 3. The highest BCUT2D eigenvalue weighted by molar-refractivity contribution is 5.42. The Kier molecular flexibility index (Phi) is 3.75. The van der Waals surface area contributed by atoms with Gasteiger partial charge in [-0.05, 0) is 17.3 Å². The van der Waals surface area contributed by atoms with E-state index in [1.54, 1.807) is 30.3 Å². The zero-order valence-corrected chi connectivity index (χ0v) is 9.98. The van der Waals surface area contributed by atoms with E-state index in [1.165, 1.54) is 0 Å². The number of benzene rings is 2. The van der Waals surface area contributed by atoms with Gasteiger partial charge in [0.25, 0.3) is 0 Å². The minimum atomic E-state index is -0.930. The lowest BCUT2D eigenvalue weighted by Gasteiger charge is -1.97. The van der Waals surface area contributed by atoms with Gasteiger partial charge in [0.15, 0.2) is 16.4 Å². The molecule has 20 heavy (non-hydrogen) atoms. The van der Waals surface area contributed by atoms with Crippen molar-refractivity contribution in [3.63, 3.8) is 0 Å². The molecule has 0 aliphatic rings. The molecule has 0 aromatic heterocycles. The summed E-state index contributed by atoms with van der Waals surface area (Å²) < 4.78 is 0. The van der Waals surface area contributed by atoms with Gasteiger partial charge in [0.1, 0.15) is 0 Å². The van der Waals surface area contributed by atoms with Gasteiger partial charge in [-0.2, -0.15) is 5.10 Å². The molecule has 0 heterocycles. The molecule has 0 amide bonds. The van der Waals surface area contributed by atoms with Crippen LogP contribution in [0.1, 0.15) is 0 Å². The molecule has 2 N–H and O–H groups in total. The quantitative estimate of drug-likeness (QED) is 0.459. The molecule has 0 aliphatic carbocycles. The Labute approximate surface area is 111 Å². The van der Waals surface area contributed by atoms with Crippen LogP contribution in [0.5, 0.6) is 0 Å². The van der Waals surface area contributed by atoms with Gasteiger partial charge in [0.05, 0.1) is 5.69 Å². The van der Waals surface area contributed by atoms with Gasteiger partial charge in [-0.1, -0.05) is 23.4 Å². The molecule has 0 spiro atoms. The summed E-state index contributed by atoms with van der Waals surface area (Å²) in [6, 6.07) is 9.37. The SMILES string of the molecule is O=Nc1c/c(=N\O)c(=O)/c(=N\Nc2ccccc2)c1=O. The summed E-state index contributed by atoms with van der Waals surface area (Å²) >= 11 is 0. The first kappa shape index (κ1) is 13.3. The normalized spacial score (nSPS) is 12.4. The van der Waals surface area contributed by atoms with Crippen LogP contribution in [0.2, 0.25) is 0 Å². The van der Waals surface area contributed by atoms with Crippen LogP contribution in [0, 0.1) is 4.91 Å². The maximum Gasteiger partial charge on any atom is 0.239 e. The second-order valence-electron chi connectivity index (χ2n) is 3.70. The zero-order chi connectivity index (χ0) is 14.5. The monoisotopic (exact) mass is 272 g/mol. The van der Waals surface area contributed by atoms with Crippen molar-refractivity contribution in [2.45, 2.75) is 0 Å². The second kappa shape index (κ2) is 5.65. The van der Waals surface area contributed by atoms with Crippen molar-refractivity contribution in [2.24, 2.45) is 15.4 Å². The molecule has 2 aromatic carbocycles. The topological polar surface area (TPSA) is 121 Å². The third-order valence-corrected chi connectivity index (χ3v) is 2.45. The molecule has 0 fully saturated rings. The van der Waals surface area contributed by atoms with Gasteiger partial charge < -0.3 is 5.21 Å². The number of anilines is 1. The van der Waals surface area contributed by atoms with Crippen molar-refractivity contribution in [1.29, 1.82) is 0 Å². The average Bonchev–Trinajstić information content (AvgIpc) is 2.48. The third-order valence-electron chi connectivity index (χ3n) is 2.45. The van der Waals surface area contributed by atoms with Crippen molar-refractivity contribution in [2.75, 3.05) is 5.43 Å². The largest absolute Gasteiger partial charge is 0.410 e. The minimum absolute atomic E-state index is 0.479. The maximum absolute atomic E-state index is 11.8. The molecule has 0 saturated heterocycles. The van der Waals surface area contributed by atoms with Gasteiger partial charge in [-0.25, -0.2) is 0 Å². The third kappa shape index (κ3) is 2.48. The molecule has 2 aromatic rings. The smallest absolute Gasteiger partial charge is 0.239 e. The number of nitrogens with one attached hydrogen (secondary N) is 1. The molecule has 0 aliphatic heterocycles. The highest BCUT2D eigenvalue weighted by Crippen LogP contribution is 2.03. The first-order valence-corrected chi connectivity index (χ1v) is 5.42. The molecule has 2 rings (SSSR count). The van der Waals surface area contributed by atoms with E-state index in [9.17, 15) is 14.5 Å². The Hall–Kier alpha value is -3.16. The fourth-order valence-corrected chi connectivity index (χ4v) is 1.48. The van der Waals surface area contributed by atoms with E-state index in [2.05, 4.69) is 20.9 Å². The van der Waals surface area contributed by atoms with Crippen molar-refractivity contribution >= 4 is 11.4 Å². The van der Waals surface area contributed by atoms with Crippen LogP contribution in [0.15, 0.2) is 61.4 Å². The van der Waals surface area contributed by atoms with Crippen LogP contribution < -0.4 is 27.0 Å². The Morgan fingerprint density at radius 1 is 1.05 bits per heavy atom. The van der Waals surface area contributed by atoms with E-state index in [0.717, 1.165) is 6.07 Å². The highest BCUT2D eigenvalue weighted by atomic mass is 16.4. The summed E-state index contributed by atoms with van der Waals surface area (Å²) in [6.07, 6.45) is 0. The summed E-state index contributed by atoms with van der Waals surface area (Å²) in [5.41, 5.74) is 0.668. The Balaban J connectivity index is 2.65. The number of hydrogen-bond acceptors (Lipinski definition) is 8. The lowest BCUT2D eigenvalue weighted by molar-refractivity contribution is 0.301. The molecule has 0 bridgehead atoms. The molecule has 0 unspecified atom stereocenters. The van der Waals surface area contributed by atoms with Crippen LogP contribution in [0.3, 0.4) is 0 Å². The van der Waals surface area contributed by atoms with E-state index in [0.29, 0.717) is 5.69 Å². The molecule has 8 nitrogen and oxygen atoms in total. The van der Waals surface area contributed by atoms with Gasteiger partial charge >= 0.3 is 0 Å². The molecule has 0 radical (unpaired) electrons.